The van der Waals surface area contributed by atoms with Gasteiger partial charge in [-0.1, -0.05) is 12.1 Å². The first-order valence-corrected chi connectivity index (χ1v) is 5.59. The zero-order valence-electron chi connectivity index (χ0n) is 9.90. The van der Waals surface area contributed by atoms with Crippen LogP contribution >= 0.6 is 0 Å². The average Bonchev–Trinajstić information content (AvgIpc) is 2.53. The van der Waals surface area contributed by atoms with Crippen molar-refractivity contribution in [2.75, 3.05) is 11.9 Å². The topological polar surface area (TPSA) is 40.5 Å². The van der Waals surface area contributed by atoms with Crippen molar-refractivity contribution < 1.29 is 9.90 Å². The number of hydrogen-bond donors (Lipinski definition) is 1. The molecule has 0 radical (unpaired) electrons. The number of benzene rings is 1. The lowest BCUT2D eigenvalue weighted by molar-refractivity contribution is -0.138. The summed E-state index contributed by atoms with van der Waals surface area (Å²) in [5, 5.41) is 8.98. The molecule has 2 unspecified atom stereocenters. The molecule has 2 rings (SSSR count). The summed E-state index contributed by atoms with van der Waals surface area (Å²) in [5.74, 6) is -1.19. The van der Waals surface area contributed by atoms with Gasteiger partial charge in [0.2, 0.25) is 0 Å². The molecule has 3 nitrogen and oxygen atoms in total. The number of hydrogen-bond acceptors (Lipinski definition) is 2. The van der Waals surface area contributed by atoms with E-state index in [1.54, 1.807) is 6.92 Å². The maximum absolute atomic E-state index is 10.9. The summed E-state index contributed by atoms with van der Waals surface area (Å²) in [6.45, 7) is 3.91. The second-order valence-corrected chi connectivity index (χ2v) is 4.61. The van der Waals surface area contributed by atoms with E-state index in [1.165, 1.54) is 11.3 Å². The Bertz CT molecular complexity index is 428. The van der Waals surface area contributed by atoms with Gasteiger partial charge in [-0.2, -0.15) is 0 Å². The molecule has 16 heavy (non-hydrogen) atoms. The first-order chi connectivity index (χ1) is 7.50. The zero-order chi connectivity index (χ0) is 11.9. The van der Waals surface area contributed by atoms with Crippen LogP contribution in [0, 0.1) is 0 Å². The Kier molecular flexibility index (Phi) is 2.62. The van der Waals surface area contributed by atoms with Gasteiger partial charge in [-0.05, 0) is 37.5 Å². The van der Waals surface area contributed by atoms with Crippen LogP contribution in [0.2, 0.25) is 0 Å². The highest BCUT2D eigenvalue weighted by molar-refractivity contribution is 5.76. The lowest BCUT2D eigenvalue weighted by atomic mass is 9.98. The fourth-order valence-corrected chi connectivity index (χ4v) is 2.22. The van der Waals surface area contributed by atoms with Gasteiger partial charge in [0.15, 0.2) is 0 Å². The fourth-order valence-electron chi connectivity index (χ4n) is 2.22. The Morgan fingerprint density at radius 3 is 2.88 bits per heavy atom. The lowest BCUT2D eigenvalue weighted by Gasteiger charge is -2.18. The second kappa shape index (κ2) is 3.81. The van der Waals surface area contributed by atoms with Crippen LogP contribution in [0.15, 0.2) is 18.2 Å². The lowest BCUT2D eigenvalue weighted by Crippen LogP contribution is -2.23. The summed E-state index contributed by atoms with van der Waals surface area (Å²) >= 11 is 0. The van der Waals surface area contributed by atoms with Crippen molar-refractivity contribution in [3.8, 4) is 0 Å². The van der Waals surface area contributed by atoms with Crippen LogP contribution in [-0.2, 0) is 11.2 Å². The van der Waals surface area contributed by atoms with E-state index in [1.807, 2.05) is 18.2 Å². The molecule has 0 saturated carbocycles. The molecular weight excluding hydrogens is 202 g/mol. The molecule has 86 valence electrons. The number of carbonyl (C=O) groups is 1. The van der Waals surface area contributed by atoms with Crippen LogP contribution in [0.5, 0.6) is 0 Å². The van der Waals surface area contributed by atoms with Gasteiger partial charge in [0.25, 0.3) is 0 Å². The molecule has 0 fully saturated rings. The maximum Gasteiger partial charge on any atom is 0.310 e. The Morgan fingerprint density at radius 2 is 2.25 bits per heavy atom. The molecule has 0 bridgehead atoms. The molecule has 1 N–H and O–H groups in total. The van der Waals surface area contributed by atoms with E-state index in [-0.39, 0.29) is 0 Å². The summed E-state index contributed by atoms with van der Waals surface area (Å²) < 4.78 is 0. The van der Waals surface area contributed by atoms with E-state index in [9.17, 15) is 4.79 Å². The normalized spacial score (nSPS) is 20.7. The minimum absolute atomic E-state index is 0.425. The highest BCUT2D eigenvalue weighted by Crippen LogP contribution is 2.33. The Hall–Kier alpha value is -1.51. The van der Waals surface area contributed by atoms with E-state index < -0.39 is 11.9 Å². The van der Waals surface area contributed by atoms with Gasteiger partial charge in [-0.3, -0.25) is 4.79 Å². The molecule has 1 aromatic rings. The predicted octanol–water partition coefficient (Wildman–Crippen LogP) is 2.26. The number of carboxylic acid groups (broad SMARTS) is 1. The molecule has 0 aromatic heterocycles. The molecule has 0 aliphatic carbocycles. The largest absolute Gasteiger partial charge is 0.481 e. The highest BCUT2D eigenvalue weighted by Gasteiger charge is 2.24. The fraction of sp³-hybridized carbons (Fsp3) is 0.462. The number of likely N-dealkylation sites (N-methyl/N-ethyl adjacent to an activating group) is 1. The van der Waals surface area contributed by atoms with Crippen LogP contribution in [0.1, 0.15) is 30.9 Å². The first-order valence-electron chi connectivity index (χ1n) is 5.59. The summed E-state index contributed by atoms with van der Waals surface area (Å²) in [6, 6.07) is 6.50. The van der Waals surface area contributed by atoms with E-state index >= 15 is 0 Å². The van der Waals surface area contributed by atoms with Crippen LogP contribution in [-0.4, -0.2) is 24.2 Å². The van der Waals surface area contributed by atoms with E-state index in [4.69, 9.17) is 5.11 Å². The van der Waals surface area contributed by atoms with E-state index in [0.29, 0.717) is 6.04 Å². The number of nitrogens with zero attached hydrogens (tertiary/aromatic N) is 1. The number of rotatable bonds is 2. The zero-order valence-corrected chi connectivity index (χ0v) is 9.90. The highest BCUT2D eigenvalue weighted by atomic mass is 16.4. The van der Waals surface area contributed by atoms with Crippen molar-refractivity contribution in [1.29, 1.82) is 0 Å². The third kappa shape index (κ3) is 1.66. The van der Waals surface area contributed by atoms with Gasteiger partial charge in [0.05, 0.1) is 5.92 Å². The number of fused-ring (bicyclic) bond motifs is 1. The van der Waals surface area contributed by atoms with Gasteiger partial charge < -0.3 is 10.0 Å². The molecule has 1 aliphatic heterocycles. The van der Waals surface area contributed by atoms with Crippen molar-refractivity contribution in [3.63, 3.8) is 0 Å². The van der Waals surface area contributed by atoms with E-state index in [2.05, 4.69) is 18.9 Å². The summed E-state index contributed by atoms with van der Waals surface area (Å²) in [4.78, 5) is 13.2. The molecule has 1 heterocycles. The molecule has 2 atom stereocenters. The molecule has 1 aliphatic rings. The van der Waals surface area contributed by atoms with Crippen molar-refractivity contribution in [1.82, 2.24) is 0 Å². The molecule has 0 amide bonds. The van der Waals surface area contributed by atoms with Crippen molar-refractivity contribution >= 4 is 11.7 Å². The summed E-state index contributed by atoms with van der Waals surface area (Å²) in [5.41, 5.74) is 3.39. The Morgan fingerprint density at radius 1 is 1.56 bits per heavy atom. The SMILES string of the molecule is CC(C(=O)O)c1ccc2c(c1)CC(C)N2C. The number of aliphatic carboxylic acids is 1. The van der Waals surface area contributed by atoms with Gasteiger partial charge >= 0.3 is 5.97 Å². The third-order valence-corrected chi connectivity index (χ3v) is 3.53. The van der Waals surface area contributed by atoms with Gasteiger partial charge in [0, 0.05) is 18.8 Å². The summed E-state index contributed by atoms with van der Waals surface area (Å²) in [6.07, 6.45) is 1.01. The quantitative estimate of drug-likeness (QED) is 0.829. The number of carboxylic acids is 1. The maximum atomic E-state index is 10.9. The van der Waals surface area contributed by atoms with E-state index in [0.717, 1.165) is 12.0 Å². The molecule has 3 heteroatoms. The molecule has 0 spiro atoms. The minimum atomic E-state index is -0.764. The molecule has 0 saturated heterocycles. The van der Waals surface area contributed by atoms with Crippen LogP contribution in [0.3, 0.4) is 0 Å². The smallest absolute Gasteiger partial charge is 0.310 e. The minimum Gasteiger partial charge on any atom is -0.481 e. The van der Waals surface area contributed by atoms with Gasteiger partial charge in [-0.25, -0.2) is 0 Å². The van der Waals surface area contributed by atoms with Gasteiger partial charge in [0.1, 0.15) is 0 Å². The van der Waals surface area contributed by atoms with Crippen molar-refractivity contribution in [3.05, 3.63) is 29.3 Å². The Labute approximate surface area is 95.7 Å². The summed E-state index contributed by atoms with van der Waals surface area (Å²) in [7, 11) is 2.08. The van der Waals surface area contributed by atoms with Crippen molar-refractivity contribution in [2.24, 2.45) is 0 Å². The first kappa shape index (κ1) is 11.0. The molecule has 1 aromatic carbocycles. The second-order valence-electron chi connectivity index (χ2n) is 4.61. The van der Waals surface area contributed by atoms with Gasteiger partial charge in [-0.15, -0.1) is 0 Å². The van der Waals surface area contributed by atoms with Crippen LogP contribution < -0.4 is 4.90 Å². The van der Waals surface area contributed by atoms with Crippen LogP contribution in [0.4, 0.5) is 5.69 Å². The standard InChI is InChI=1S/C13H17NO2/c1-8-6-11-7-10(9(2)13(15)16)4-5-12(11)14(8)3/h4-5,7-9H,6H2,1-3H3,(H,15,16). The van der Waals surface area contributed by atoms with Crippen molar-refractivity contribution in [2.45, 2.75) is 32.2 Å². The third-order valence-electron chi connectivity index (χ3n) is 3.53. The Balaban J connectivity index is 2.35. The molecular formula is C13H17NO2. The number of anilines is 1. The van der Waals surface area contributed by atoms with Crippen LogP contribution in [0.25, 0.3) is 0 Å². The average molecular weight is 219 g/mol. The predicted molar refractivity (Wildman–Crippen MR) is 64.1 cm³/mol. The monoisotopic (exact) mass is 219 g/mol.